The van der Waals surface area contributed by atoms with Gasteiger partial charge in [-0.25, -0.2) is 14.4 Å². The molecule has 0 saturated heterocycles. The highest BCUT2D eigenvalue weighted by atomic mass is 32.1. The van der Waals surface area contributed by atoms with Crippen molar-refractivity contribution in [1.82, 2.24) is 15.6 Å². The van der Waals surface area contributed by atoms with E-state index in [1.54, 1.807) is 6.92 Å². The van der Waals surface area contributed by atoms with Gasteiger partial charge in [0, 0.05) is 11.9 Å². The molecule has 1 heterocycles. The van der Waals surface area contributed by atoms with Crippen LogP contribution in [0.4, 0.5) is 30.7 Å². The average Bonchev–Trinajstić information content (AvgIpc) is 3.06. The van der Waals surface area contributed by atoms with Gasteiger partial charge >= 0.3 is 12.4 Å². The number of halogens is 7. The smallest absolute Gasteiger partial charge is 0.357 e. The van der Waals surface area contributed by atoms with Gasteiger partial charge in [0.1, 0.15) is 10.8 Å². The van der Waals surface area contributed by atoms with Gasteiger partial charge in [-0.3, -0.25) is 0 Å². The summed E-state index contributed by atoms with van der Waals surface area (Å²) in [5, 5.41) is 6.48. The maximum Gasteiger partial charge on any atom is 0.434 e. The summed E-state index contributed by atoms with van der Waals surface area (Å²) in [6.07, 6.45) is -9.29. The zero-order valence-electron chi connectivity index (χ0n) is 14.4. The molecule has 12 heteroatoms. The van der Waals surface area contributed by atoms with Crippen LogP contribution in [0, 0.1) is 5.82 Å². The molecule has 1 aromatic carbocycles. The van der Waals surface area contributed by atoms with Crippen molar-refractivity contribution >= 4 is 17.3 Å². The summed E-state index contributed by atoms with van der Waals surface area (Å²) in [6.45, 7) is 1.58. The Hall–Kier alpha value is -2.37. The van der Waals surface area contributed by atoms with Crippen molar-refractivity contribution in [2.75, 3.05) is 6.54 Å². The SMILES string of the molecule is CCNC(=NCc1ccc(F)cc1C(F)(F)F)NCc1nc(C(F)(F)F)cs1. The van der Waals surface area contributed by atoms with Crippen molar-refractivity contribution in [2.24, 2.45) is 4.99 Å². The minimum Gasteiger partial charge on any atom is -0.357 e. The van der Waals surface area contributed by atoms with Crippen molar-refractivity contribution in [2.45, 2.75) is 32.4 Å². The summed E-state index contributed by atoms with van der Waals surface area (Å²) in [7, 11) is 0. The van der Waals surface area contributed by atoms with E-state index < -0.39 is 36.0 Å². The molecular weight excluding hydrogens is 413 g/mol. The van der Waals surface area contributed by atoms with E-state index in [1.807, 2.05) is 0 Å². The van der Waals surface area contributed by atoms with Crippen molar-refractivity contribution in [1.29, 1.82) is 0 Å². The lowest BCUT2D eigenvalue weighted by atomic mass is 10.1. The summed E-state index contributed by atoms with van der Waals surface area (Å²) in [6, 6.07) is 2.27. The van der Waals surface area contributed by atoms with Crippen LogP contribution in [0.15, 0.2) is 28.6 Å². The highest BCUT2D eigenvalue weighted by Gasteiger charge is 2.34. The highest BCUT2D eigenvalue weighted by molar-refractivity contribution is 7.09. The van der Waals surface area contributed by atoms with E-state index in [1.165, 1.54) is 0 Å². The summed E-state index contributed by atoms with van der Waals surface area (Å²) in [5.41, 5.74) is -2.39. The third-order valence-corrected chi connectivity index (χ3v) is 4.23. The highest BCUT2D eigenvalue weighted by Crippen LogP contribution is 2.33. The number of thiazole rings is 1. The molecule has 0 radical (unpaired) electrons. The predicted octanol–water partition coefficient (Wildman–Crippen LogP) is 4.58. The molecule has 4 nitrogen and oxygen atoms in total. The van der Waals surface area contributed by atoms with Crippen molar-refractivity contribution in [3.63, 3.8) is 0 Å². The number of guanidine groups is 1. The lowest BCUT2D eigenvalue weighted by molar-refractivity contribution is -0.141. The molecule has 0 unspecified atom stereocenters. The molecule has 154 valence electrons. The number of nitrogens with one attached hydrogen (secondary N) is 2. The maximum absolute atomic E-state index is 13.1. The molecule has 0 fully saturated rings. The zero-order chi connectivity index (χ0) is 20.9. The van der Waals surface area contributed by atoms with Gasteiger partial charge in [-0.15, -0.1) is 11.3 Å². The quantitative estimate of drug-likeness (QED) is 0.417. The summed E-state index contributed by atoms with van der Waals surface area (Å²) < 4.78 is 89.9. The number of rotatable bonds is 5. The molecule has 0 aliphatic rings. The van der Waals surface area contributed by atoms with Gasteiger partial charge in [-0.2, -0.15) is 26.3 Å². The second kappa shape index (κ2) is 8.76. The Morgan fingerprint density at radius 3 is 2.39 bits per heavy atom. The molecule has 1 aromatic heterocycles. The largest absolute Gasteiger partial charge is 0.434 e. The fraction of sp³-hybridized carbons (Fsp3) is 0.375. The second-order valence-electron chi connectivity index (χ2n) is 5.47. The molecule has 28 heavy (non-hydrogen) atoms. The number of nitrogens with zero attached hydrogens (tertiary/aromatic N) is 2. The van der Waals surface area contributed by atoms with Gasteiger partial charge in [-0.1, -0.05) is 6.07 Å². The first-order valence-corrected chi connectivity index (χ1v) is 8.78. The predicted molar refractivity (Wildman–Crippen MR) is 90.2 cm³/mol. The van der Waals surface area contributed by atoms with E-state index in [0.29, 0.717) is 12.6 Å². The Morgan fingerprint density at radius 2 is 1.82 bits per heavy atom. The van der Waals surface area contributed by atoms with Crippen LogP contribution < -0.4 is 10.6 Å². The number of benzene rings is 1. The second-order valence-corrected chi connectivity index (χ2v) is 6.41. The molecule has 2 aromatic rings. The first-order chi connectivity index (χ1) is 13.0. The van der Waals surface area contributed by atoms with Gasteiger partial charge in [0.15, 0.2) is 11.7 Å². The summed E-state index contributed by atoms with van der Waals surface area (Å²) >= 11 is 0.792. The molecule has 0 bridgehead atoms. The molecule has 2 N–H and O–H groups in total. The first kappa shape index (κ1) is 21.9. The number of aromatic nitrogens is 1. The Labute approximate surface area is 159 Å². The lowest BCUT2D eigenvalue weighted by Gasteiger charge is -2.13. The number of aliphatic imine (C=N–C) groups is 1. The fourth-order valence-electron chi connectivity index (χ4n) is 2.14. The molecular formula is C16H15F7N4S. The third kappa shape index (κ3) is 6.08. The van der Waals surface area contributed by atoms with Gasteiger partial charge in [-0.05, 0) is 24.6 Å². The Balaban J connectivity index is 2.12. The molecule has 2 rings (SSSR count). The normalized spacial score (nSPS) is 12.9. The maximum atomic E-state index is 13.1. The zero-order valence-corrected chi connectivity index (χ0v) is 15.2. The van der Waals surface area contributed by atoms with Crippen LogP contribution in [-0.4, -0.2) is 17.5 Å². The minimum atomic E-state index is -4.74. The van der Waals surface area contributed by atoms with Crippen LogP contribution >= 0.6 is 11.3 Å². The van der Waals surface area contributed by atoms with E-state index in [9.17, 15) is 30.7 Å². The van der Waals surface area contributed by atoms with Gasteiger partial charge in [0.25, 0.3) is 0 Å². The fourth-order valence-corrected chi connectivity index (χ4v) is 2.88. The van der Waals surface area contributed by atoms with E-state index in [-0.39, 0.29) is 23.1 Å². The van der Waals surface area contributed by atoms with E-state index >= 15 is 0 Å². The lowest BCUT2D eigenvalue weighted by Crippen LogP contribution is -2.36. The van der Waals surface area contributed by atoms with E-state index in [4.69, 9.17) is 0 Å². The van der Waals surface area contributed by atoms with Crippen LogP contribution in [0.25, 0.3) is 0 Å². The number of hydrogen-bond donors (Lipinski definition) is 2. The molecule has 0 saturated carbocycles. The molecule has 0 amide bonds. The first-order valence-electron chi connectivity index (χ1n) is 7.90. The van der Waals surface area contributed by atoms with Crippen LogP contribution in [0.2, 0.25) is 0 Å². The van der Waals surface area contributed by atoms with E-state index in [0.717, 1.165) is 28.8 Å². The topological polar surface area (TPSA) is 49.3 Å². The number of hydrogen-bond acceptors (Lipinski definition) is 3. The van der Waals surface area contributed by atoms with Crippen molar-refractivity contribution < 1.29 is 30.7 Å². The van der Waals surface area contributed by atoms with Crippen LogP contribution in [0.1, 0.15) is 28.8 Å². The molecule has 0 aliphatic heterocycles. The Bertz CT molecular complexity index is 827. The molecule has 0 spiro atoms. The van der Waals surface area contributed by atoms with E-state index in [2.05, 4.69) is 20.6 Å². The van der Waals surface area contributed by atoms with Crippen LogP contribution in [0.5, 0.6) is 0 Å². The van der Waals surface area contributed by atoms with Crippen LogP contribution in [0.3, 0.4) is 0 Å². The van der Waals surface area contributed by atoms with Gasteiger partial charge in [0.05, 0.1) is 18.7 Å². The van der Waals surface area contributed by atoms with Crippen molar-refractivity contribution in [3.05, 3.63) is 51.2 Å². The third-order valence-electron chi connectivity index (χ3n) is 3.38. The standard InChI is InChI=1S/C16H15F7N4S/c1-2-24-14(26-7-13-27-12(8-28-13)16(21,22)23)25-6-9-3-4-10(17)5-11(9)15(18,19)20/h3-5,8H,2,6-7H2,1H3,(H2,24,25,26). The van der Waals surface area contributed by atoms with Gasteiger partial charge < -0.3 is 10.6 Å². The number of alkyl halides is 6. The summed E-state index contributed by atoms with van der Waals surface area (Å²) in [4.78, 5) is 7.43. The molecule has 0 aliphatic carbocycles. The molecule has 0 atom stereocenters. The summed E-state index contributed by atoms with van der Waals surface area (Å²) in [5.74, 6) is -0.932. The van der Waals surface area contributed by atoms with Crippen LogP contribution in [-0.2, 0) is 25.4 Å². The monoisotopic (exact) mass is 428 g/mol. The van der Waals surface area contributed by atoms with Gasteiger partial charge in [0.2, 0.25) is 0 Å². The Morgan fingerprint density at radius 1 is 1.11 bits per heavy atom. The Kier molecular flexibility index (Phi) is 6.86. The average molecular weight is 428 g/mol. The minimum absolute atomic E-state index is 0.0868. The van der Waals surface area contributed by atoms with Crippen molar-refractivity contribution in [3.8, 4) is 0 Å².